The van der Waals surface area contributed by atoms with E-state index < -0.39 is 5.97 Å². The van der Waals surface area contributed by atoms with Gasteiger partial charge in [0, 0.05) is 11.4 Å². The first-order valence-electron chi connectivity index (χ1n) is 6.89. The first-order chi connectivity index (χ1) is 11.0. The van der Waals surface area contributed by atoms with E-state index in [2.05, 4.69) is 9.99 Å². The third-order valence-electron chi connectivity index (χ3n) is 3.31. The SMILES string of the molecule is CON=C(CCc1ccc(-c2ccc(Cl)cc2)cc1F)C(=O)O. The van der Waals surface area contributed by atoms with Crippen molar-refractivity contribution >= 4 is 23.3 Å². The molecule has 0 aliphatic rings. The van der Waals surface area contributed by atoms with E-state index in [0.717, 1.165) is 11.1 Å². The highest BCUT2D eigenvalue weighted by atomic mass is 35.5. The lowest BCUT2D eigenvalue weighted by atomic mass is 10.0. The summed E-state index contributed by atoms with van der Waals surface area (Å²) in [6.07, 6.45) is 0.307. The molecule has 0 bridgehead atoms. The van der Waals surface area contributed by atoms with Crippen LogP contribution in [0.1, 0.15) is 12.0 Å². The van der Waals surface area contributed by atoms with E-state index >= 15 is 0 Å². The van der Waals surface area contributed by atoms with Crippen LogP contribution in [0.4, 0.5) is 4.39 Å². The van der Waals surface area contributed by atoms with Gasteiger partial charge in [0.05, 0.1) is 0 Å². The van der Waals surface area contributed by atoms with Crippen molar-refractivity contribution in [3.05, 3.63) is 58.9 Å². The molecular formula is C17H15ClFNO3. The third-order valence-corrected chi connectivity index (χ3v) is 3.56. The van der Waals surface area contributed by atoms with Crippen molar-refractivity contribution in [3.63, 3.8) is 0 Å². The molecule has 0 spiro atoms. The predicted octanol–water partition coefficient (Wildman–Crippen LogP) is 4.17. The topological polar surface area (TPSA) is 58.9 Å². The summed E-state index contributed by atoms with van der Waals surface area (Å²) >= 11 is 5.83. The van der Waals surface area contributed by atoms with Gasteiger partial charge in [-0.3, -0.25) is 0 Å². The van der Waals surface area contributed by atoms with Gasteiger partial charge in [0.1, 0.15) is 12.9 Å². The van der Waals surface area contributed by atoms with Crippen LogP contribution in [0, 0.1) is 5.82 Å². The van der Waals surface area contributed by atoms with Crippen LogP contribution in [0.5, 0.6) is 0 Å². The van der Waals surface area contributed by atoms with E-state index in [-0.39, 0.29) is 24.4 Å². The first kappa shape index (κ1) is 17.0. The largest absolute Gasteiger partial charge is 0.477 e. The Morgan fingerprint density at radius 3 is 2.43 bits per heavy atom. The lowest BCUT2D eigenvalue weighted by molar-refractivity contribution is -0.129. The van der Waals surface area contributed by atoms with E-state index in [1.54, 1.807) is 24.3 Å². The van der Waals surface area contributed by atoms with Gasteiger partial charge in [-0.15, -0.1) is 0 Å². The highest BCUT2D eigenvalue weighted by Gasteiger charge is 2.13. The van der Waals surface area contributed by atoms with Crippen LogP contribution in [0.2, 0.25) is 5.02 Å². The number of carboxylic acids is 1. The van der Waals surface area contributed by atoms with E-state index in [9.17, 15) is 9.18 Å². The van der Waals surface area contributed by atoms with Crippen LogP contribution >= 0.6 is 11.6 Å². The molecule has 0 saturated heterocycles. The number of nitrogens with zero attached hydrogens (tertiary/aromatic N) is 1. The molecule has 120 valence electrons. The van der Waals surface area contributed by atoms with Gasteiger partial charge in [0.2, 0.25) is 0 Å². The Morgan fingerprint density at radius 1 is 1.22 bits per heavy atom. The second kappa shape index (κ2) is 7.74. The molecule has 23 heavy (non-hydrogen) atoms. The zero-order valence-corrected chi connectivity index (χ0v) is 13.2. The number of halogens is 2. The summed E-state index contributed by atoms with van der Waals surface area (Å²) in [4.78, 5) is 15.4. The summed E-state index contributed by atoms with van der Waals surface area (Å²) in [7, 11) is 1.27. The van der Waals surface area contributed by atoms with Crippen LogP contribution in [-0.4, -0.2) is 23.9 Å². The van der Waals surface area contributed by atoms with Gasteiger partial charge in [-0.25, -0.2) is 9.18 Å². The van der Waals surface area contributed by atoms with Gasteiger partial charge in [-0.2, -0.15) is 0 Å². The van der Waals surface area contributed by atoms with Crippen LogP contribution < -0.4 is 0 Å². The standard InChI is InChI=1S/C17H15ClFNO3/c1-23-20-16(17(21)22)9-6-12-2-3-13(10-15(12)19)11-4-7-14(18)8-5-11/h2-5,7-8,10H,6,9H2,1H3,(H,21,22). The Balaban J connectivity index is 2.15. The Kier molecular flexibility index (Phi) is 5.71. The average molecular weight is 336 g/mol. The Labute approximate surface area is 138 Å². The molecule has 0 radical (unpaired) electrons. The van der Waals surface area contributed by atoms with Crippen molar-refractivity contribution < 1.29 is 19.1 Å². The second-order valence-corrected chi connectivity index (χ2v) is 5.28. The van der Waals surface area contributed by atoms with Crippen LogP contribution in [0.15, 0.2) is 47.6 Å². The molecule has 0 amide bonds. The Morgan fingerprint density at radius 2 is 1.87 bits per heavy atom. The maximum Gasteiger partial charge on any atom is 0.353 e. The number of carbonyl (C=O) groups is 1. The van der Waals surface area contributed by atoms with Gasteiger partial charge >= 0.3 is 5.97 Å². The van der Waals surface area contributed by atoms with Crippen molar-refractivity contribution in [2.45, 2.75) is 12.8 Å². The molecule has 0 heterocycles. The minimum Gasteiger partial charge on any atom is -0.477 e. The highest BCUT2D eigenvalue weighted by Crippen LogP contribution is 2.24. The van der Waals surface area contributed by atoms with Crippen LogP contribution in [0.25, 0.3) is 11.1 Å². The number of aliphatic carboxylic acids is 1. The zero-order valence-electron chi connectivity index (χ0n) is 12.4. The van der Waals surface area contributed by atoms with E-state index in [0.29, 0.717) is 10.6 Å². The van der Waals surface area contributed by atoms with Crippen molar-refractivity contribution in [3.8, 4) is 11.1 Å². The van der Waals surface area contributed by atoms with Crippen molar-refractivity contribution in [2.24, 2.45) is 5.16 Å². The maximum absolute atomic E-state index is 14.2. The summed E-state index contributed by atoms with van der Waals surface area (Å²) in [5.41, 5.74) is 1.86. The minimum atomic E-state index is -1.18. The van der Waals surface area contributed by atoms with E-state index in [1.165, 1.54) is 13.2 Å². The summed E-state index contributed by atoms with van der Waals surface area (Å²) < 4.78 is 14.2. The number of oxime groups is 1. The lowest BCUT2D eigenvalue weighted by Crippen LogP contribution is -2.14. The minimum absolute atomic E-state index is 0.0837. The predicted molar refractivity (Wildman–Crippen MR) is 87.2 cm³/mol. The van der Waals surface area contributed by atoms with Crippen molar-refractivity contribution in [1.82, 2.24) is 0 Å². The molecule has 2 aromatic rings. The van der Waals surface area contributed by atoms with Gasteiger partial charge < -0.3 is 9.94 Å². The molecule has 2 aromatic carbocycles. The Bertz CT molecular complexity index is 729. The normalized spacial score (nSPS) is 11.3. The molecule has 0 aromatic heterocycles. The number of hydrogen-bond donors (Lipinski definition) is 1. The van der Waals surface area contributed by atoms with E-state index in [4.69, 9.17) is 16.7 Å². The lowest BCUT2D eigenvalue weighted by Gasteiger charge is -2.07. The Hall–Kier alpha value is -2.40. The summed E-state index contributed by atoms with van der Waals surface area (Å²) in [6.45, 7) is 0. The molecule has 0 aliphatic carbocycles. The molecule has 0 unspecified atom stereocenters. The van der Waals surface area contributed by atoms with Gasteiger partial charge in [-0.05, 0) is 41.3 Å². The molecule has 4 nitrogen and oxygen atoms in total. The number of aryl methyl sites for hydroxylation is 1. The summed E-state index contributed by atoms with van der Waals surface area (Å²) in [5, 5.41) is 13.0. The maximum atomic E-state index is 14.2. The molecule has 0 atom stereocenters. The fraction of sp³-hybridized carbons (Fsp3) is 0.176. The van der Waals surface area contributed by atoms with Gasteiger partial charge in [-0.1, -0.05) is 41.0 Å². The van der Waals surface area contributed by atoms with Crippen LogP contribution in [-0.2, 0) is 16.1 Å². The molecule has 6 heteroatoms. The fourth-order valence-electron chi connectivity index (χ4n) is 2.13. The molecule has 0 fully saturated rings. The fourth-order valence-corrected chi connectivity index (χ4v) is 2.25. The molecule has 1 N–H and O–H groups in total. The molecule has 0 saturated carbocycles. The number of benzene rings is 2. The number of rotatable bonds is 6. The number of carboxylic acid groups (broad SMARTS) is 1. The monoisotopic (exact) mass is 335 g/mol. The van der Waals surface area contributed by atoms with Gasteiger partial charge in [0.15, 0.2) is 5.71 Å². The van der Waals surface area contributed by atoms with Crippen LogP contribution in [0.3, 0.4) is 0 Å². The highest BCUT2D eigenvalue weighted by molar-refractivity contribution is 6.35. The van der Waals surface area contributed by atoms with Crippen molar-refractivity contribution in [2.75, 3.05) is 7.11 Å². The third kappa shape index (κ3) is 4.53. The quantitative estimate of drug-likeness (QED) is 0.636. The average Bonchev–Trinajstić information content (AvgIpc) is 2.53. The molecular weight excluding hydrogens is 321 g/mol. The smallest absolute Gasteiger partial charge is 0.353 e. The zero-order chi connectivity index (χ0) is 16.8. The molecule has 2 rings (SSSR count). The van der Waals surface area contributed by atoms with E-state index in [1.807, 2.05) is 12.1 Å². The second-order valence-electron chi connectivity index (χ2n) is 4.84. The summed E-state index contributed by atoms with van der Waals surface area (Å²) in [5.74, 6) is -1.57. The van der Waals surface area contributed by atoms with Gasteiger partial charge in [0.25, 0.3) is 0 Å². The summed E-state index contributed by atoms with van der Waals surface area (Å²) in [6, 6.07) is 12.0. The van der Waals surface area contributed by atoms with Crippen molar-refractivity contribution in [1.29, 1.82) is 0 Å². The first-order valence-corrected chi connectivity index (χ1v) is 7.26. The number of hydrogen-bond acceptors (Lipinski definition) is 3. The molecule has 0 aliphatic heterocycles.